The average molecular weight is 1110 g/mol. The Morgan fingerprint density at radius 1 is 0.316 bits per heavy atom. The third kappa shape index (κ3) is 60.7. The first-order valence-corrected chi connectivity index (χ1v) is 35.5. The summed E-state index contributed by atoms with van der Waals surface area (Å²) in [5, 5.41) is 44.2. The van der Waals surface area contributed by atoms with Gasteiger partial charge in [0.05, 0.1) is 18.8 Å². The first kappa shape index (κ1) is 77.3. The lowest BCUT2D eigenvalue weighted by Gasteiger charge is -2.27. The summed E-state index contributed by atoms with van der Waals surface area (Å²) in [6.45, 7) is 4.09. The number of unbranched alkanes of at least 4 members (excludes halogenated alkanes) is 49. The van der Waals surface area contributed by atoms with Crippen molar-refractivity contribution in [3.63, 3.8) is 0 Å². The number of rotatable bonds is 66. The van der Waals surface area contributed by atoms with Crippen molar-refractivity contribution in [3.8, 4) is 0 Å². The van der Waals surface area contributed by atoms with Gasteiger partial charge in [0.1, 0.15) is 12.2 Å². The SMILES string of the molecule is CCCCCCCCCCCCC/C=C\C/C=C\CCCCCCCCCCCCCCCCCCC(O)C(=O)NC(CO)C(O)C(O)CCC/C=C/CC/C=C/CCCCCCCCCCCCCCCCCCCCCC. The number of hydrogen-bond acceptors (Lipinski definition) is 5. The molecule has 0 saturated carbocycles. The molecule has 0 aliphatic heterocycles. The molecule has 466 valence electrons. The Hall–Kier alpha value is -1.73. The van der Waals surface area contributed by atoms with E-state index < -0.39 is 36.9 Å². The van der Waals surface area contributed by atoms with Gasteiger partial charge in [-0.1, -0.05) is 345 Å². The Labute approximate surface area is 493 Å². The number of aliphatic hydroxyl groups is 4. The van der Waals surface area contributed by atoms with Crippen LogP contribution in [0.25, 0.3) is 0 Å². The van der Waals surface area contributed by atoms with Gasteiger partial charge in [-0.05, 0) is 83.5 Å². The van der Waals surface area contributed by atoms with Crippen LogP contribution in [0, 0.1) is 0 Å². The van der Waals surface area contributed by atoms with Crippen molar-refractivity contribution in [2.75, 3.05) is 6.61 Å². The first-order chi connectivity index (χ1) is 39.0. The van der Waals surface area contributed by atoms with Crippen LogP contribution in [0.1, 0.15) is 380 Å². The molecule has 5 N–H and O–H groups in total. The number of aliphatic hydroxyl groups excluding tert-OH is 4. The van der Waals surface area contributed by atoms with E-state index >= 15 is 0 Å². The molecule has 0 heterocycles. The van der Waals surface area contributed by atoms with Crippen molar-refractivity contribution in [2.45, 2.75) is 404 Å². The minimum absolute atomic E-state index is 0.360. The van der Waals surface area contributed by atoms with E-state index in [-0.39, 0.29) is 0 Å². The molecule has 0 radical (unpaired) electrons. The number of allylic oxidation sites excluding steroid dienone is 8. The number of amides is 1. The zero-order valence-electron chi connectivity index (χ0n) is 53.1. The fourth-order valence-corrected chi connectivity index (χ4v) is 11.2. The van der Waals surface area contributed by atoms with Crippen LogP contribution in [0.4, 0.5) is 0 Å². The summed E-state index contributed by atoms with van der Waals surface area (Å²) in [5.41, 5.74) is 0. The van der Waals surface area contributed by atoms with E-state index in [1.165, 1.54) is 302 Å². The molecule has 0 aromatic heterocycles. The quantitative estimate of drug-likeness (QED) is 0.0308. The highest BCUT2D eigenvalue weighted by Gasteiger charge is 2.28. The predicted octanol–water partition coefficient (Wildman–Crippen LogP) is 22.0. The van der Waals surface area contributed by atoms with Crippen LogP contribution < -0.4 is 5.32 Å². The zero-order chi connectivity index (χ0) is 57.3. The third-order valence-electron chi connectivity index (χ3n) is 16.7. The van der Waals surface area contributed by atoms with Crippen LogP contribution in [0.5, 0.6) is 0 Å². The molecule has 6 nitrogen and oxygen atoms in total. The van der Waals surface area contributed by atoms with E-state index in [2.05, 4.69) is 67.8 Å². The fraction of sp³-hybridized carbons (Fsp3) is 0.877. The average Bonchev–Trinajstić information content (AvgIpc) is 3.45. The molecule has 0 spiro atoms. The largest absolute Gasteiger partial charge is 0.394 e. The standard InChI is InChI=1S/C73H139NO5/c1-3-5-7-9-11-13-15-17-19-21-23-25-27-29-31-33-34-35-36-37-39-41-43-45-47-49-51-53-55-57-59-61-63-65-67-71(77)73(79)74-69(68-75)72(78)70(76)66-64-62-60-58-56-54-52-50-48-46-44-42-40-38-32-30-28-26-24-22-20-18-16-14-12-10-8-6-4-2/h27,29,33-34,50,52,58,60,69-72,75-78H,3-26,28,30-32,35-49,51,53-57,59,61-68H2,1-2H3,(H,74,79)/b29-27-,34-33-,52-50+,60-58+. The van der Waals surface area contributed by atoms with Gasteiger partial charge in [0, 0.05) is 0 Å². The summed E-state index contributed by atoms with van der Waals surface area (Å²) >= 11 is 0. The van der Waals surface area contributed by atoms with Crippen LogP contribution in [0.3, 0.4) is 0 Å². The van der Waals surface area contributed by atoms with Gasteiger partial charge in [0.2, 0.25) is 5.91 Å². The molecule has 0 fully saturated rings. The zero-order valence-corrected chi connectivity index (χ0v) is 53.1. The van der Waals surface area contributed by atoms with E-state index in [0.717, 1.165) is 44.9 Å². The minimum Gasteiger partial charge on any atom is -0.394 e. The van der Waals surface area contributed by atoms with E-state index in [4.69, 9.17) is 0 Å². The van der Waals surface area contributed by atoms with Crippen molar-refractivity contribution in [2.24, 2.45) is 0 Å². The van der Waals surface area contributed by atoms with E-state index in [1.807, 2.05) is 0 Å². The highest BCUT2D eigenvalue weighted by Crippen LogP contribution is 2.19. The molecule has 6 heteroatoms. The van der Waals surface area contributed by atoms with Crippen molar-refractivity contribution in [1.29, 1.82) is 0 Å². The summed E-state index contributed by atoms with van der Waals surface area (Å²) in [4.78, 5) is 12.7. The molecule has 0 aliphatic rings. The van der Waals surface area contributed by atoms with Gasteiger partial charge in [-0.25, -0.2) is 0 Å². The summed E-state index contributed by atoms with van der Waals surface area (Å²) in [5.74, 6) is -0.593. The number of hydrogen-bond donors (Lipinski definition) is 5. The van der Waals surface area contributed by atoms with Gasteiger partial charge in [-0.3, -0.25) is 4.79 Å². The first-order valence-electron chi connectivity index (χ1n) is 35.5. The van der Waals surface area contributed by atoms with Crippen LogP contribution in [0.2, 0.25) is 0 Å². The number of nitrogens with one attached hydrogen (secondary N) is 1. The van der Waals surface area contributed by atoms with Crippen molar-refractivity contribution in [3.05, 3.63) is 48.6 Å². The Morgan fingerprint density at radius 2 is 0.570 bits per heavy atom. The maximum absolute atomic E-state index is 12.7. The molecule has 4 atom stereocenters. The van der Waals surface area contributed by atoms with E-state index in [1.54, 1.807) is 0 Å². The van der Waals surface area contributed by atoms with Crippen LogP contribution in [0.15, 0.2) is 48.6 Å². The van der Waals surface area contributed by atoms with Gasteiger partial charge in [-0.2, -0.15) is 0 Å². The molecular formula is C73H139NO5. The van der Waals surface area contributed by atoms with Crippen LogP contribution in [-0.2, 0) is 4.79 Å². The maximum atomic E-state index is 12.7. The lowest BCUT2D eigenvalue weighted by Crippen LogP contribution is -2.53. The van der Waals surface area contributed by atoms with Crippen molar-refractivity contribution >= 4 is 5.91 Å². The Bertz CT molecular complexity index is 1290. The van der Waals surface area contributed by atoms with Gasteiger partial charge in [0.15, 0.2) is 0 Å². The molecule has 0 aromatic rings. The Kier molecular flexibility index (Phi) is 65.6. The lowest BCUT2D eigenvalue weighted by atomic mass is 10.00. The smallest absolute Gasteiger partial charge is 0.249 e. The Balaban J connectivity index is 3.60. The molecule has 79 heavy (non-hydrogen) atoms. The molecule has 1 amide bonds. The predicted molar refractivity (Wildman–Crippen MR) is 348 cm³/mol. The van der Waals surface area contributed by atoms with E-state index in [0.29, 0.717) is 19.3 Å². The molecule has 0 aliphatic carbocycles. The summed E-state index contributed by atoms with van der Waals surface area (Å²) in [7, 11) is 0. The lowest BCUT2D eigenvalue weighted by molar-refractivity contribution is -0.132. The number of carbonyl (C=O) groups is 1. The monoisotopic (exact) mass is 1110 g/mol. The van der Waals surface area contributed by atoms with Gasteiger partial charge >= 0.3 is 0 Å². The second kappa shape index (κ2) is 67.1. The van der Waals surface area contributed by atoms with Gasteiger partial charge < -0.3 is 25.7 Å². The molecule has 0 aromatic carbocycles. The van der Waals surface area contributed by atoms with Crippen LogP contribution >= 0.6 is 0 Å². The molecule has 0 rings (SSSR count). The maximum Gasteiger partial charge on any atom is 0.249 e. The van der Waals surface area contributed by atoms with Crippen molar-refractivity contribution in [1.82, 2.24) is 5.32 Å². The van der Waals surface area contributed by atoms with E-state index in [9.17, 15) is 25.2 Å². The van der Waals surface area contributed by atoms with Crippen molar-refractivity contribution < 1.29 is 25.2 Å². The van der Waals surface area contributed by atoms with Crippen LogP contribution in [-0.4, -0.2) is 57.3 Å². The number of carbonyl (C=O) groups excluding carboxylic acids is 1. The normalized spacial score (nSPS) is 13.7. The Morgan fingerprint density at radius 3 is 0.873 bits per heavy atom. The minimum atomic E-state index is -1.29. The summed E-state index contributed by atoms with van der Waals surface area (Å²) in [6.07, 6.45) is 88.2. The van der Waals surface area contributed by atoms with Gasteiger partial charge in [0.25, 0.3) is 0 Å². The second-order valence-electron chi connectivity index (χ2n) is 24.6. The molecule has 4 unspecified atom stereocenters. The topological polar surface area (TPSA) is 110 Å². The van der Waals surface area contributed by atoms with Gasteiger partial charge in [-0.15, -0.1) is 0 Å². The molecule has 0 saturated heterocycles. The highest BCUT2D eigenvalue weighted by molar-refractivity contribution is 5.80. The third-order valence-corrected chi connectivity index (χ3v) is 16.7. The highest BCUT2D eigenvalue weighted by atomic mass is 16.3. The molecular weight excluding hydrogens is 971 g/mol. The fourth-order valence-electron chi connectivity index (χ4n) is 11.2. The summed E-state index contributed by atoms with van der Waals surface area (Å²) < 4.78 is 0. The molecule has 0 bridgehead atoms. The summed E-state index contributed by atoms with van der Waals surface area (Å²) in [6, 6.07) is -1.01. The second-order valence-corrected chi connectivity index (χ2v) is 24.6.